The number of rotatable bonds is 10. The highest BCUT2D eigenvalue weighted by Gasteiger charge is 2.66. The molecular weight excluding hydrogens is 552 g/mol. The Kier molecular flexibility index (Phi) is 10.6. The van der Waals surface area contributed by atoms with Crippen molar-refractivity contribution in [3.63, 3.8) is 0 Å². The van der Waals surface area contributed by atoms with E-state index in [1.54, 1.807) is 0 Å². The number of carbonyl (C=O) groups is 4. The van der Waals surface area contributed by atoms with Gasteiger partial charge in [-0.05, 0) is 98.2 Å². The van der Waals surface area contributed by atoms with Gasteiger partial charge in [-0.15, -0.1) is 0 Å². The van der Waals surface area contributed by atoms with E-state index in [0.717, 1.165) is 44.9 Å². The number of hydrogen-bond acceptors (Lipinski definition) is 9. The zero-order valence-electron chi connectivity index (χ0n) is 27.3. The molecular formula is C34H54O9. The van der Waals surface area contributed by atoms with Gasteiger partial charge in [0.15, 0.2) is 0 Å². The van der Waals surface area contributed by atoms with Gasteiger partial charge in [-0.2, -0.15) is 0 Å². The minimum Gasteiger partial charge on any atom is -0.466 e. The van der Waals surface area contributed by atoms with Gasteiger partial charge in [0.1, 0.15) is 18.3 Å². The van der Waals surface area contributed by atoms with Crippen LogP contribution in [0.5, 0.6) is 0 Å². The maximum absolute atomic E-state index is 12.4. The second-order valence-electron chi connectivity index (χ2n) is 14.6. The molecule has 1 N–H and O–H groups in total. The quantitative estimate of drug-likeness (QED) is 0.257. The third-order valence-electron chi connectivity index (χ3n) is 12.1. The van der Waals surface area contributed by atoms with Crippen molar-refractivity contribution >= 4 is 23.9 Å². The Bertz CT molecular complexity index is 1040. The summed E-state index contributed by atoms with van der Waals surface area (Å²) in [6.07, 6.45) is 6.81. The minimum atomic E-state index is -0.471. The van der Waals surface area contributed by atoms with E-state index < -0.39 is 6.10 Å². The van der Waals surface area contributed by atoms with Crippen molar-refractivity contribution in [2.75, 3.05) is 6.61 Å². The predicted molar refractivity (Wildman–Crippen MR) is 158 cm³/mol. The van der Waals surface area contributed by atoms with Crippen LogP contribution in [0.15, 0.2) is 0 Å². The molecule has 0 aromatic rings. The van der Waals surface area contributed by atoms with Gasteiger partial charge >= 0.3 is 23.9 Å². The van der Waals surface area contributed by atoms with Crippen molar-refractivity contribution in [2.24, 2.45) is 46.3 Å². The lowest BCUT2D eigenvalue weighted by Crippen LogP contribution is -2.63. The van der Waals surface area contributed by atoms with Crippen molar-refractivity contribution in [3.05, 3.63) is 0 Å². The Labute approximate surface area is 257 Å². The maximum atomic E-state index is 12.4. The highest BCUT2D eigenvalue weighted by atomic mass is 16.6. The molecule has 0 spiro atoms. The number of esters is 4. The predicted octanol–water partition coefficient (Wildman–Crippen LogP) is 5.39. The second-order valence-corrected chi connectivity index (χ2v) is 14.6. The van der Waals surface area contributed by atoms with Gasteiger partial charge in [-0.1, -0.05) is 20.8 Å². The summed E-state index contributed by atoms with van der Waals surface area (Å²) in [7, 11) is 0. The summed E-state index contributed by atoms with van der Waals surface area (Å²) in [5.41, 5.74) is -0.324. The van der Waals surface area contributed by atoms with Gasteiger partial charge in [0.2, 0.25) is 0 Å². The first kappa shape index (κ1) is 33.7. The smallest absolute Gasteiger partial charge is 0.302 e. The van der Waals surface area contributed by atoms with Crippen LogP contribution in [0.3, 0.4) is 0 Å². The molecule has 4 fully saturated rings. The molecule has 9 heteroatoms. The molecule has 9 nitrogen and oxygen atoms in total. The number of carbonyl (C=O) groups excluding carboxylic acids is 4. The zero-order valence-corrected chi connectivity index (χ0v) is 27.3. The Hall–Kier alpha value is -2.16. The van der Waals surface area contributed by atoms with Gasteiger partial charge in [0.25, 0.3) is 0 Å². The Morgan fingerprint density at radius 3 is 2.14 bits per heavy atom. The molecule has 0 aliphatic heterocycles. The second kappa shape index (κ2) is 13.5. The summed E-state index contributed by atoms with van der Waals surface area (Å²) in [5, 5.41) is 12.0. The molecule has 0 heterocycles. The molecule has 4 aliphatic rings. The summed E-state index contributed by atoms with van der Waals surface area (Å²) in [6.45, 7) is 12.8. The largest absolute Gasteiger partial charge is 0.466 e. The highest BCUT2D eigenvalue weighted by molar-refractivity contribution is 5.67. The fourth-order valence-corrected chi connectivity index (χ4v) is 10.2. The molecule has 12 atom stereocenters. The topological polar surface area (TPSA) is 125 Å². The van der Waals surface area contributed by atoms with E-state index in [-0.39, 0.29) is 95.1 Å². The van der Waals surface area contributed by atoms with Crippen LogP contribution in [0.25, 0.3) is 0 Å². The summed E-state index contributed by atoms with van der Waals surface area (Å²) in [6, 6.07) is 0. The van der Waals surface area contributed by atoms with Crippen LogP contribution >= 0.6 is 0 Å². The minimum absolute atomic E-state index is 0.0107. The van der Waals surface area contributed by atoms with Gasteiger partial charge in [0, 0.05) is 40.0 Å². The monoisotopic (exact) mass is 606 g/mol. The lowest BCUT2D eigenvalue weighted by Gasteiger charge is -2.64. The standard InChI is InChI=1S/C34H54O9/c1-19(8-9-25(41-21(3)36)13-15-40-20(2)35)27-10-11-28-32-29(18-31(39)34(27,28)7)33(6)14-12-26(42-22(4)37)16-24(33)17-30(32)43-23(5)38/h19,24-32,39H,8-18H2,1-7H3/t19-,24+,25-,26-,27-,28+,29+,30-,31+,32+,33+,34-/m1/s1. The summed E-state index contributed by atoms with van der Waals surface area (Å²) in [5.74, 6) is 0.252. The first-order chi connectivity index (χ1) is 20.2. The zero-order chi connectivity index (χ0) is 31.7. The average Bonchev–Trinajstić information content (AvgIpc) is 3.25. The molecule has 0 saturated heterocycles. The summed E-state index contributed by atoms with van der Waals surface area (Å²) in [4.78, 5) is 47.1. The molecule has 4 aliphatic carbocycles. The summed E-state index contributed by atoms with van der Waals surface area (Å²) < 4.78 is 22.4. The molecule has 0 radical (unpaired) electrons. The van der Waals surface area contributed by atoms with Crippen LogP contribution in [0.1, 0.15) is 113 Å². The van der Waals surface area contributed by atoms with Crippen molar-refractivity contribution in [2.45, 2.75) is 137 Å². The van der Waals surface area contributed by atoms with Crippen molar-refractivity contribution < 1.29 is 43.2 Å². The summed E-state index contributed by atoms with van der Waals surface area (Å²) >= 11 is 0. The van der Waals surface area contributed by atoms with E-state index in [1.165, 1.54) is 27.7 Å². The van der Waals surface area contributed by atoms with Gasteiger partial charge in [-0.25, -0.2) is 0 Å². The third kappa shape index (κ3) is 7.07. The number of fused-ring (bicyclic) bond motifs is 5. The first-order valence-electron chi connectivity index (χ1n) is 16.5. The fraction of sp³-hybridized carbons (Fsp3) is 0.882. The molecule has 0 bridgehead atoms. The molecule has 43 heavy (non-hydrogen) atoms. The number of aliphatic hydroxyl groups excluding tert-OH is 1. The van der Waals surface area contributed by atoms with Gasteiger partial charge in [0.05, 0.1) is 12.7 Å². The van der Waals surface area contributed by atoms with E-state index >= 15 is 0 Å². The Morgan fingerprint density at radius 2 is 1.51 bits per heavy atom. The van der Waals surface area contributed by atoms with Crippen molar-refractivity contribution in [1.82, 2.24) is 0 Å². The van der Waals surface area contributed by atoms with E-state index in [4.69, 9.17) is 18.9 Å². The number of aliphatic hydroxyl groups is 1. The molecule has 0 aromatic carbocycles. The lowest BCUT2D eigenvalue weighted by atomic mass is 9.43. The first-order valence-corrected chi connectivity index (χ1v) is 16.5. The van der Waals surface area contributed by atoms with E-state index in [9.17, 15) is 24.3 Å². The van der Waals surface area contributed by atoms with Crippen molar-refractivity contribution in [1.29, 1.82) is 0 Å². The number of ether oxygens (including phenoxy) is 4. The molecule has 4 rings (SSSR count). The lowest BCUT2D eigenvalue weighted by molar-refractivity contribution is -0.218. The van der Waals surface area contributed by atoms with Crippen molar-refractivity contribution in [3.8, 4) is 0 Å². The van der Waals surface area contributed by atoms with E-state index in [0.29, 0.717) is 19.3 Å². The van der Waals surface area contributed by atoms with E-state index in [1.807, 2.05) is 0 Å². The molecule has 244 valence electrons. The van der Waals surface area contributed by atoms with Crippen LogP contribution in [0.4, 0.5) is 0 Å². The molecule has 0 unspecified atom stereocenters. The highest BCUT2D eigenvalue weighted by Crippen LogP contribution is 2.69. The van der Waals surface area contributed by atoms with Crippen LogP contribution in [0, 0.1) is 46.3 Å². The number of hydrogen-bond donors (Lipinski definition) is 1. The van der Waals surface area contributed by atoms with Crippen LogP contribution in [-0.2, 0) is 38.1 Å². The molecule has 0 aromatic heterocycles. The van der Waals surface area contributed by atoms with Crippen LogP contribution in [-0.4, -0.2) is 60.0 Å². The Balaban J connectivity index is 1.52. The Morgan fingerprint density at radius 1 is 0.814 bits per heavy atom. The molecule has 4 saturated carbocycles. The fourth-order valence-electron chi connectivity index (χ4n) is 10.2. The van der Waals surface area contributed by atoms with Crippen LogP contribution < -0.4 is 0 Å². The maximum Gasteiger partial charge on any atom is 0.302 e. The van der Waals surface area contributed by atoms with Gasteiger partial charge < -0.3 is 24.1 Å². The van der Waals surface area contributed by atoms with Crippen LogP contribution in [0.2, 0.25) is 0 Å². The van der Waals surface area contributed by atoms with Gasteiger partial charge in [-0.3, -0.25) is 19.2 Å². The SMILES string of the molecule is CC(=O)OCC[C@@H](CC[C@@H](C)[C@H]1CC[C@H]2[C@@H]3[C@H](OC(C)=O)C[C@@H]4C[C@H](OC(C)=O)CC[C@]4(C)[C@H]3C[C@H](O)[C@]12C)OC(C)=O. The molecule has 0 amide bonds. The average molecular weight is 607 g/mol. The van der Waals surface area contributed by atoms with E-state index in [2.05, 4.69) is 20.8 Å². The normalized spacial score (nSPS) is 39.7. The third-order valence-corrected chi connectivity index (χ3v) is 12.1.